The van der Waals surface area contributed by atoms with Gasteiger partial charge in [0.1, 0.15) is 5.75 Å². The molecule has 2 amide bonds. The summed E-state index contributed by atoms with van der Waals surface area (Å²) in [6.07, 6.45) is 1.99. The highest BCUT2D eigenvalue weighted by Gasteiger charge is 2.23. The van der Waals surface area contributed by atoms with Crippen LogP contribution in [-0.4, -0.2) is 60.9 Å². The van der Waals surface area contributed by atoms with Crippen LogP contribution in [0.2, 0.25) is 0 Å². The molecule has 1 fully saturated rings. The molecule has 0 unspecified atom stereocenters. The van der Waals surface area contributed by atoms with Crippen LogP contribution in [0.25, 0.3) is 0 Å². The molecule has 1 saturated heterocycles. The summed E-state index contributed by atoms with van der Waals surface area (Å²) in [7, 11) is 1.64. The highest BCUT2D eigenvalue weighted by molar-refractivity contribution is 5.85. The van der Waals surface area contributed by atoms with Gasteiger partial charge in [0.2, 0.25) is 11.8 Å². The number of carbonyl (C=O) groups excluding carboxylic acids is 2. The smallest absolute Gasteiger partial charge is 0.239 e. The molecule has 2 N–H and O–H groups in total. The minimum absolute atomic E-state index is 0. The fraction of sp³-hybridized carbons (Fsp3) is 0.556. The SMILES string of the molecule is COc1ccc(CCC(=O)N2CCCN(C(=O)[C@H](C)N)CC2)cc1.Cl. The van der Waals surface area contributed by atoms with E-state index in [2.05, 4.69) is 0 Å². The molecule has 25 heavy (non-hydrogen) atoms. The number of hydrogen-bond donors (Lipinski definition) is 1. The van der Waals surface area contributed by atoms with Crippen molar-refractivity contribution in [2.24, 2.45) is 5.73 Å². The van der Waals surface area contributed by atoms with Gasteiger partial charge in [-0.15, -0.1) is 12.4 Å². The van der Waals surface area contributed by atoms with Crippen molar-refractivity contribution in [2.45, 2.75) is 32.2 Å². The van der Waals surface area contributed by atoms with Crippen LogP contribution in [0.5, 0.6) is 5.75 Å². The van der Waals surface area contributed by atoms with Gasteiger partial charge in [-0.05, 0) is 37.5 Å². The molecule has 140 valence electrons. The van der Waals surface area contributed by atoms with Crippen molar-refractivity contribution in [3.63, 3.8) is 0 Å². The van der Waals surface area contributed by atoms with Crippen LogP contribution in [-0.2, 0) is 16.0 Å². The minimum atomic E-state index is -0.484. The zero-order chi connectivity index (χ0) is 17.5. The number of amides is 2. The zero-order valence-corrected chi connectivity index (χ0v) is 15.8. The van der Waals surface area contributed by atoms with E-state index in [0.717, 1.165) is 17.7 Å². The van der Waals surface area contributed by atoms with Crippen LogP contribution in [0.3, 0.4) is 0 Å². The Morgan fingerprint density at radius 2 is 1.72 bits per heavy atom. The summed E-state index contributed by atoms with van der Waals surface area (Å²) < 4.78 is 5.13. The average molecular weight is 370 g/mol. The van der Waals surface area contributed by atoms with Gasteiger partial charge in [0, 0.05) is 32.6 Å². The monoisotopic (exact) mass is 369 g/mol. The Morgan fingerprint density at radius 3 is 2.32 bits per heavy atom. The van der Waals surface area contributed by atoms with Gasteiger partial charge in [-0.1, -0.05) is 12.1 Å². The quantitative estimate of drug-likeness (QED) is 0.852. The number of rotatable bonds is 5. The maximum absolute atomic E-state index is 12.4. The van der Waals surface area contributed by atoms with Crippen molar-refractivity contribution in [1.29, 1.82) is 0 Å². The lowest BCUT2D eigenvalue weighted by atomic mass is 10.1. The van der Waals surface area contributed by atoms with E-state index in [-0.39, 0.29) is 24.2 Å². The first-order valence-corrected chi connectivity index (χ1v) is 8.46. The van der Waals surface area contributed by atoms with Gasteiger partial charge in [0.15, 0.2) is 0 Å². The third-order valence-electron chi connectivity index (χ3n) is 4.34. The molecule has 1 aromatic carbocycles. The Labute approximate surface area is 155 Å². The molecule has 1 aliphatic heterocycles. The largest absolute Gasteiger partial charge is 0.497 e. The molecule has 6 nitrogen and oxygen atoms in total. The molecule has 1 aliphatic rings. The van der Waals surface area contributed by atoms with Gasteiger partial charge in [-0.3, -0.25) is 9.59 Å². The predicted molar refractivity (Wildman–Crippen MR) is 100.0 cm³/mol. The first-order chi connectivity index (χ1) is 11.5. The third-order valence-corrected chi connectivity index (χ3v) is 4.34. The molecule has 0 aliphatic carbocycles. The Balaban J connectivity index is 0.00000312. The Kier molecular flexibility index (Phi) is 8.72. The lowest BCUT2D eigenvalue weighted by Gasteiger charge is -2.23. The number of aryl methyl sites for hydroxylation is 1. The molecule has 0 radical (unpaired) electrons. The van der Waals surface area contributed by atoms with Crippen molar-refractivity contribution in [3.05, 3.63) is 29.8 Å². The van der Waals surface area contributed by atoms with Crippen LogP contribution in [0, 0.1) is 0 Å². The van der Waals surface area contributed by atoms with Crippen LogP contribution in [0.4, 0.5) is 0 Å². The van der Waals surface area contributed by atoms with Gasteiger partial charge in [-0.2, -0.15) is 0 Å². The Bertz CT molecular complexity index is 563. The number of ether oxygens (including phenoxy) is 1. The van der Waals surface area contributed by atoms with Crippen molar-refractivity contribution in [1.82, 2.24) is 9.80 Å². The molecule has 1 heterocycles. The van der Waals surface area contributed by atoms with Gasteiger partial charge in [0.25, 0.3) is 0 Å². The first-order valence-electron chi connectivity index (χ1n) is 8.46. The number of nitrogens with zero attached hydrogens (tertiary/aromatic N) is 2. The van der Waals surface area contributed by atoms with Crippen LogP contribution >= 0.6 is 12.4 Å². The van der Waals surface area contributed by atoms with E-state index in [1.54, 1.807) is 18.9 Å². The van der Waals surface area contributed by atoms with E-state index < -0.39 is 6.04 Å². The molecule has 0 saturated carbocycles. The van der Waals surface area contributed by atoms with E-state index in [0.29, 0.717) is 39.0 Å². The van der Waals surface area contributed by atoms with Crippen LogP contribution in [0.1, 0.15) is 25.3 Å². The van der Waals surface area contributed by atoms with Gasteiger partial charge in [-0.25, -0.2) is 0 Å². The fourth-order valence-electron chi connectivity index (χ4n) is 2.88. The highest BCUT2D eigenvalue weighted by atomic mass is 35.5. The van der Waals surface area contributed by atoms with E-state index in [1.807, 2.05) is 29.2 Å². The number of nitrogens with two attached hydrogens (primary N) is 1. The molecule has 2 rings (SSSR count). The summed E-state index contributed by atoms with van der Waals surface area (Å²) >= 11 is 0. The lowest BCUT2D eigenvalue weighted by Crippen LogP contribution is -2.44. The van der Waals surface area contributed by atoms with Gasteiger partial charge >= 0.3 is 0 Å². The summed E-state index contributed by atoms with van der Waals surface area (Å²) in [6, 6.07) is 7.30. The number of methoxy groups -OCH3 is 1. The molecular formula is C18H28ClN3O3. The molecule has 0 spiro atoms. The minimum Gasteiger partial charge on any atom is -0.497 e. The summed E-state index contributed by atoms with van der Waals surface area (Å²) in [5.74, 6) is 0.917. The fourth-order valence-corrected chi connectivity index (χ4v) is 2.88. The summed E-state index contributed by atoms with van der Waals surface area (Å²) in [5, 5.41) is 0. The number of benzene rings is 1. The second-order valence-corrected chi connectivity index (χ2v) is 6.20. The topological polar surface area (TPSA) is 75.9 Å². The van der Waals surface area contributed by atoms with E-state index in [9.17, 15) is 9.59 Å². The van der Waals surface area contributed by atoms with Crippen molar-refractivity contribution in [3.8, 4) is 5.75 Å². The normalized spacial score (nSPS) is 15.8. The Morgan fingerprint density at radius 1 is 1.12 bits per heavy atom. The van der Waals surface area contributed by atoms with Gasteiger partial charge < -0.3 is 20.3 Å². The maximum Gasteiger partial charge on any atom is 0.239 e. The second-order valence-electron chi connectivity index (χ2n) is 6.20. The second kappa shape index (κ2) is 10.3. The number of carbonyl (C=O) groups is 2. The summed E-state index contributed by atoms with van der Waals surface area (Å²) in [4.78, 5) is 28.0. The lowest BCUT2D eigenvalue weighted by molar-refractivity contribution is -0.134. The van der Waals surface area contributed by atoms with E-state index in [1.165, 1.54) is 0 Å². The van der Waals surface area contributed by atoms with Crippen molar-refractivity contribution >= 4 is 24.2 Å². The van der Waals surface area contributed by atoms with Gasteiger partial charge in [0.05, 0.1) is 13.2 Å². The molecule has 0 aromatic heterocycles. The molecule has 7 heteroatoms. The van der Waals surface area contributed by atoms with E-state index in [4.69, 9.17) is 10.5 Å². The number of halogens is 1. The summed E-state index contributed by atoms with van der Waals surface area (Å²) in [5.41, 5.74) is 6.78. The standard InChI is InChI=1S/C18H27N3O3.ClH/c1-14(19)18(23)21-11-3-10-20(12-13-21)17(22)9-6-15-4-7-16(24-2)8-5-15;/h4-5,7-8,14H,3,6,9-13,19H2,1-2H3;1H/t14-;/m0./s1. The third kappa shape index (κ3) is 6.21. The predicted octanol–water partition coefficient (Wildman–Crippen LogP) is 1.46. The number of hydrogen-bond acceptors (Lipinski definition) is 4. The maximum atomic E-state index is 12.4. The average Bonchev–Trinajstić information content (AvgIpc) is 2.85. The molecule has 1 aromatic rings. The molecule has 0 bridgehead atoms. The van der Waals surface area contributed by atoms with Crippen molar-refractivity contribution < 1.29 is 14.3 Å². The molecular weight excluding hydrogens is 342 g/mol. The van der Waals surface area contributed by atoms with Crippen LogP contribution < -0.4 is 10.5 Å². The van der Waals surface area contributed by atoms with E-state index >= 15 is 0 Å². The molecule has 1 atom stereocenters. The Hall–Kier alpha value is -1.79. The zero-order valence-electron chi connectivity index (χ0n) is 14.9. The highest BCUT2D eigenvalue weighted by Crippen LogP contribution is 2.14. The summed E-state index contributed by atoms with van der Waals surface area (Å²) in [6.45, 7) is 4.21. The van der Waals surface area contributed by atoms with Crippen molar-refractivity contribution in [2.75, 3.05) is 33.3 Å². The van der Waals surface area contributed by atoms with Crippen LogP contribution in [0.15, 0.2) is 24.3 Å². The first kappa shape index (κ1) is 21.3.